The van der Waals surface area contributed by atoms with Crippen molar-refractivity contribution in [2.24, 2.45) is 5.92 Å². The van der Waals surface area contributed by atoms with Gasteiger partial charge in [0.05, 0.1) is 0 Å². The first-order chi connectivity index (χ1) is 5.99. The van der Waals surface area contributed by atoms with Crippen molar-refractivity contribution < 1.29 is 9.53 Å². The summed E-state index contributed by atoms with van der Waals surface area (Å²) in [4.78, 5) is 13.0. The van der Waals surface area contributed by atoms with E-state index in [0.717, 1.165) is 0 Å². The fourth-order valence-corrected chi connectivity index (χ4v) is 1.11. The lowest BCUT2D eigenvalue weighted by atomic mass is 10.2. The SMILES string of the molecule is CC(C)CN(C(=O)OCCl)C(C)C. The third kappa shape index (κ3) is 4.98. The predicted octanol–water partition coefficient (Wildman–Crippen LogP) is 2.69. The fraction of sp³-hybridized carbons (Fsp3) is 0.889. The number of alkyl halides is 1. The van der Waals surface area contributed by atoms with Gasteiger partial charge in [-0.2, -0.15) is 0 Å². The van der Waals surface area contributed by atoms with Crippen molar-refractivity contribution in [1.29, 1.82) is 0 Å². The van der Waals surface area contributed by atoms with E-state index in [0.29, 0.717) is 12.5 Å². The van der Waals surface area contributed by atoms with Gasteiger partial charge in [0, 0.05) is 12.6 Å². The van der Waals surface area contributed by atoms with Crippen molar-refractivity contribution in [2.75, 3.05) is 12.6 Å². The molecule has 0 bridgehead atoms. The Bertz CT molecular complexity index is 160. The molecule has 4 heteroatoms. The molecule has 1 amide bonds. The molecule has 0 radical (unpaired) electrons. The van der Waals surface area contributed by atoms with Crippen molar-refractivity contribution in [3.8, 4) is 0 Å². The van der Waals surface area contributed by atoms with Gasteiger partial charge in [-0.1, -0.05) is 25.4 Å². The molecule has 78 valence electrons. The second kappa shape index (κ2) is 6.08. The summed E-state index contributed by atoms with van der Waals surface area (Å²) in [5, 5.41) is 0. The average Bonchev–Trinajstić information content (AvgIpc) is 1.99. The summed E-state index contributed by atoms with van der Waals surface area (Å²) in [5.74, 6) is 0.435. The molecule has 0 saturated heterocycles. The van der Waals surface area contributed by atoms with Crippen LogP contribution in [0.2, 0.25) is 0 Å². The lowest BCUT2D eigenvalue weighted by Gasteiger charge is -2.27. The van der Waals surface area contributed by atoms with Crippen LogP contribution in [0.3, 0.4) is 0 Å². The second-order valence-corrected chi connectivity index (χ2v) is 3.88. The van der Waals surface area contributed by atoms with E-state index in [1.807, 2.05) is 13.8 Å². The molecule has 13 heavy (non-hydrogen) atoms. The van der Waals surface area contributed by atoms with Crippen LogP contribution in [0.1, 0.15) is 27.7 Å². The number of nitrogens with zero attached hydrogens (tertiary/aromatic N) is 1. The van der Waals surface area contributed by atoms with E-state index < -0.39 is 0 Å². The highest BCUT2D eigenvalue weighted by Gasteiger charge is 2.18. The van der Waals surface area contributed by atoms with Crippen LogP contribution in [0.4, 0.5) is 4.79 Å². The molecule has 0 fully saturated rings. The van der Waals surface area contributed by atoms with Gasteiger partial charge in [-0.05, 0) is 19.8 Å². The van der Waals surface area contributed by atoms with Crippen molar-refractivity contribution in [1.82, 2.24) is 4.90 Å². The van der Waals surface area contributed by atoms with E-state index in [2.05, 4.69) is 13.8 Å². The highest BCUT2D eigenvalue weighted by molar-refractivity contribution is 6.17. The van der Waals surface area contributed by atoms with Gasteiger partial charge < -0.3 is 9.64 Å². The quantitative estimate of drug-likeness (QED) is 0.664. The maximum absolute atomic E-state index is 11.3. The molecule has 0 unspecified atom stereocenters. The Kier molecular flexibility index (Phi) is 5.88. The molecule has 0 aliphatic rings. The smallest absolute Gasteiger partial charge is 0.411 e. The topological polar surface area (TPSA) is 29.5 Å². The molecule has 0 aliphatic carbocycles. The maximum atomic E-state index is 11.3. The molecular weight excluding hydrogens is 190 g/mol. The number of carbonyl (C=O) groups is 1. The van der Waals surface area contributed by atoms with Gasteiger partial charge in [0.15, 0.2) is 6.07 Å². The molecule has 0 atom stereocenters. The number of halogens is 1. The van der Waals surface area contributed by atoms with Crippen LogP contribution in [-0.4, -0.2) is 29.6 Å². The van der Waals surface area contributed by atoms with Crippen molar-refractivity contribution in [3.05, 3.63) is 0 Å². The van der Waals surface area contributed by atoms with E-state index in [9.17, 15) is 4.79 Å². The molecule has 0 spiro atoms. The summed E-state index contributed by atoms with van der Waals surface area (Å²) in [6.45, 7) is 8.73. The molecule has 0 N–H and O–H groups in total. The highest BCUT2D eigenvalue weighted by Crippen LogP contribution is 2.06. The second-order valence-electron chi connectivity index (χ2n) is 3.66. The zero-order chi connectivity index (χ0) is 10.4. The molecule has 0 heterocycles. The molecular formula is C9H18ClNO2. The van der Waals surface area contributed by atoms with Crippen molar-refractivity contribution in [2.45, 2.75) is 33.7 Å². The first-order valence-corrected chi connectivity index (χ1v) is 5.01. The first kappa shape index (κ1) is 12.6. The summed E-state index contributed by atoms with van der Waals surface area (Å²) in [7, 11) is 0. The zero-order valence-corrected chi connectivity index (χ0v) is 9.47. The van der Waals surface area contributed by atoms with Crippen LogP contribution in [0.25, 0.3) is 0 Å². The number of ether oxygens (including phenoxy) is 1. The summed E-state index contributed by atoms with van der Waals surface area (Å²) >= 11 is 5.31. The molecule has 3 nitrogen and oxygen atoms in total. The first-order valence-electron chi connectivity index (χ1n) is 4.48. The number of hydrogen-bond acceptors (Lipinski definition) is 2. The minimum atomic E-state index is -0.335. The molecule has 0 aromatic rings. The lowest BCUT2D eigenvalue weighted by molar-refractivity contribution is 0.100. The maximum Gasteiger partial charge on any atom is 0.411 e. The van der Waals surface area contributed by atoms with Crippen molar-refractivity contribution >= 4 is 17.7 Å². The Labute approximate surface area is 85.0 Å². The van der Waals surface area contributed by atoms with Crippen LogP contribution in [0.15, 0.2) is 0 Å². The van der Waals surface area contributed by atoms with Gasteiger partial charge in [0.1, 0.15) is 0 Å². The molecule has 0 aliphatic heterocycles. The standard InChI is InChI=1S/C9H18ClNO2/c1-7(2)5-11(8(3)4)9(12)13-6-10/h7-8H,5-6H2,1-4H3. The predicted molar refractivity (Wildman–Crippen MR) is 53.9 cm³/mol. The summed E-state index contributed by atoms with van der Waals surface area (Å²) in [6.07, 6.45) is -0.335. The van der Waals surface area contributed by atoms with Gasteiger partial charge in [-0.25, -0.2) is 4.79 Å². The van der Waals surface area contributed by atoms with Crippen LogP contribution in [0.5, 0.6) is 0 Å². The minimum Gasteiger partial charge on any atom is -0.433 e. The monoisotopic (exact) mass is 207 g/mol. The number of amides is 1. The van der Waals surface area contributed by atoms with E-state index >= 15 is 0 Å². The van der Waals surface area contributed by atoms with Crippen LogP contribution >= 0.6 is 11.6 Å². The average molecular weight is 208 g/mol. The van der Waals surface area contributed by atoms with Gasteiger partial charge in [0.25, 0.3) is 0 Å². The van der Waals surface area contributed by atoms with Gasteiger partial charge >= 0.3 is 6.09 Å². The Morgan fingerprint density at radius 2 is 1.92 bits per heavy atom. The summed E-state index contributed by atoms with van der Waals surface area (Å²) < 4.78 is 4.72. The number of hydrogen-bond donors (Lipinski definition) is 0. The third-order valence-corrected chi connectivity index (χ3v) is 1.71. The third-order valence-electron chi connectivity index (χ3n) is 1.60. The van der Waals surface area contributed by atoms with E-state index in [-0.39, 0.29) is 18.2 Å². The van der Waals surface area contributed by atoms with Crippen LogP contribution in [0, 0.1) is 5.92 Å². The van der Waals surface area contributed by atoms with E-state index in [1.54, 1.807) is 4.90 Å². The fourth-order valence-electron chi connectivity index (χ4n) is 1.02. The molecule has 0 saturated carbocycles. The largest absolute Gasteiger partial charge is 0.433 e. The van der Waals surface area contributed by atoms with Crippen LogP contribution in [-0.2, 0) is 4.74 Å². The molecule has 0 aromatic heterocycles. The summed E-state index contributed by atoms with van der Waals surface area (Å²) in [5.41, 5.74) is 0. The molecule has 0 aromatic carbocycles. The Hall–Kier alpha value is -0.440. The Morgan fingerprint density at radius 1 is 1.38 bits per heavy atom. The zero-order valence-electron chi connectivity index (χ0n) is 8.71. The minimum absolute atomic E-state index is 0.0832. The summed E-state index contributed by atoms with van der Waals surface area (Å²) in [6, 6.07) is 0.0678. The van der Waals surface area contributed by atoms with Crippen molar-refractivity contribution in [3.63, 3.8) is 0 Å². The Morgan fingerprint density at radius 3 is 2.23 bits per heavy atom. The van der Waals surface area contributed by atoms with Gasteiger partial charge in [-0.15, -0.1) is 0 Å². The number of carbonyl (C=O) groups excluding carboxylic acids is 1. The van der Waals surface area contributed by atoms with Crippen LogP contribution < -0.4 is 0 Å². The van der Waals surface area contributed by atoms with E-state index in [4.69, 9.17) is 16.3 Å². The van der Waals surface area contributed by atoms with Gasteiger partial charge in [0.2, 0.25) is 0 Å². The normalized spacial score (nSPS) is 10.7. The lowest BCUT2D eigenvalue weighted by Crippen LogP contribution is -2.39. The molecule has 0 rings (SSSR count). The van der Waals surface area contributed by atoms with Gasteiger partial charge in [-0.3, -0.25) is 0 Å². The highest BCUT2D eigenvalue weighted by atomic mass is 35.5. The Balaban J connectivity index is 4.15. The number of rotatable bonds is 4. The van der Waals surface area contributed by atoms with E-state index in [1.165, 1.54) is 0 Å².